The van der Waals surface area contributed by atoms with Crippen molar-refractivity contribution in [3.05, 3.63) is 24.2 Å². The van der Waals surface area contributed by atoms with Gasteiger partial charge in [-0.1, -0.05) is 13.8 Å². The molecule has 0 bridgehead atoms. The molecule has 3 heteroatoms. The van der Waals surface area contributed by atoms with Gasteiger partial charge in [-0.05, 0) is 37.1 Å². The third-order valence-corrected chi connectivity index (χ3v) is 2.53. The second-order valence-electron chi connectivity index (χ2n) is 3.95. The van der Waals surface area contributed by atoms with Crippen molar-refractivity contribution in [1.29, 1.82) is 0 Å². The van der Waals surface area contributed by atoms with E-state index >= 15 is 0 Å². The highest BCUT2D eigenvalue weighted by Crippen LogP contribution is 2.08. The van der Waals surface area contributed by atoms with Crippen molar-refractivity contribution < 1.29 is 4.42 Å². The zero-order chi connectivity index (χ0) is 10.4. The van der Waals surface area contributed by atoms with Crippen molar-refractivity contribution in [2.75, 3.05) is 13.1 Å². The van der Waals surface area contributed by atoms with Crippen molar-refractivity contribution in [2.24, 2.45) is 17.6 Å². The molecule has 0 aliphatic heterocycles. The maximum Gasteiger partial charge on any atom is 0.117 e. The Hall–Kier alpha value is -0.800. The Morgan fingerprint density at radius 2 is 2.29 bits per heavy atom. The number of rotatable bonds is 6. The van der Waals surface area contributed by atoms with Crippen LogP contribution < -0.4 is 11.1 Å². The first kappa shape index (κ1) is 11.3. The maximum absolute atomic E-state index is 5.67. The second-order valence-corrected chi connectivity index (χ2v) is 3.95. The highest BCUT2D eigenvalue weighted by molar-refractivity contribution is 4.97. The largest absolute Gasteiger partial charge is 0.468 e. The highest BCUT2D eigenvalue weighted by Gasteiger charge is 2.10. The standard InChI is InChI=1S/C11H20N2O/c1-9(2)10(6-12)7-13-8-11-4-3-5-14-11/h3-5,9-10,13H,6-8,12H2,1-2H3. The van der Waals surface area contributed by atoms with Crippen LogP contribution in [0.15, 0.2) is 22.8 Å². The van der Waals surface area contributed by atoms with E-state index in [-0.39, 0.29) is 0 Å². The quantitative estimate of drug-likeness (QED) is 0.726. The van der Waals surface area contributed by atoms with Gasteiger partial charge < -0.3 is 15.5 Å². The molecule has 0 amide bonds. The predicted octanol–water partition coefficient (Wildman–Crippen LogP) is 1.60. The molecule has 1 aromatic rings. The minimum absolute atomic E-state index is 0.546. The fourth-order valence-electron chi connectivity index (χ4n) is 1.39. The van der Waals surface area contributed by atoms with E-state index in [1.807, 2.05) is 12.1 Å². The molecule has 0 aromatic carbocycles. The van der Waals surface area contributed by atoms with Gasteiger partial charge in [0.05, 0.1) is 12.8 Å². The van der Waals surface area contributed by atoms with Crippen LogP contribution in [0.1, 0.15) is 19.6 Å². The van der Waals surface area contributed by atoms with Gasteiger partial charge in [0, 0.05) is 0 Å². The molecule has 3 N–H and O–H groups in total. The summed E-state index contributed by atoms with van der Waals surface area (Å²) < 4.78 is 5.22. The van der Waals surface area contributed by atoms with Crippen LogP contribution in [0.2, 0.25) is 0 Å². The van der Waals surface area contributed by atoms with E-state index in [0.717, 1.165) is 25.4 Å². The number of nitrogens with one attached hydrogen (secondary N) is 1. The Bertz CT molecular complexity index is 231. The second kappa shape index (κ2) is 5.83. The summed E-state index contributed by atoms with van der Waals surface area (Å²) in [7, 11) is 0. The van der Waals surface area contributed by atoms with Crippen LogP contribution in [0.25, 0.3) is 0 Å². The van der Waals surface area contributed by atoms with E-state index < -0.39 is 0 Å². The van der Waals surface area contributed by atoms with Crippen LogP contribution in [0.3, 0.4) is 0 Å². The number of furan rings is 1. The average Bonchev–Trinajstić information content (AvgIpc) is 2.64. The SMILES string of the molecule is CC(C)C(CN)CNCc1ccco1. The first-order valence-electron chi connectivity index (χ1n) is 5.17. The summed E-state index contributed by atoms with van der Waals surface area (Å²) in [5.41, 5.74) is 5.67. The van der Waals surface area contributed by atoms with Gasteiger partial charge >= 0.3 is 0 Å². The molecule has 1 aromatic heterocycles. The van der Waals surface area contributed by atoms with E-state index in [9.17, 15) is 0 Å². The minimum Gasteiger partial charge on any atom is -0.468 e. The minimum atomic E-state index is 0.546. The predicted molar refractivity (Wildman–Crippen MR) is 57.8 cm³/mol. The molecule has 0 aliphatic carbocycles. The van der Waals surface area contributed by atoms with Crippen LogP contribution >= 0.6 is 0 Å². The van der Waals surface area contributed by atoms with E-state index in [0.29, 0.717) is 11.8 Å². The van der Waals surface area contributed by atoms with E-state index in [4.69, 9.17) is 10.2 Å². The summed E-state index contributed by atoms with van der Waals surface area (Å²) >= 11 is 0. The lowest BCUT2D eigenvalue weighted by Crippen LogP contribution is -2.31. The summed E-state index contributed by atoms with van der Waals surface area (Å²) in [6, 6.07) is 3.87. The van der Waals surface area contributed by atoms with Crippen molar-refractivity contribution in [3.8, 4) is 0 Å². The van der Waals surface area contributed by atoms with Crippen molar-refractivity contribution >= 4 is 0 Å². The lowest BCUT2D eigenvalue weighted by atomic mass is 9.96. The van der Waals surface area contributed by atoms with Gasteiger partial charge in [0.15, 0.2) is 0 Å². The molecule has 1 rings (SSSR count). The van der Waals surface area contributed by atoms with E-state index in [2.05, 4.69) is 19.2 Å². The molecule has 3 nitrogen and oxygen atoms in total. The number of hydrogen-bond acceptors (Lipinski definition) is 3. The average molecular weight is 196 g/mol. The van der Waals surface area contributed by atoms with Gasteiger partial charge in [-0.3, -0.25) is 0 Å². The molecule has 80 valence electrons. The van der Waals surface area contributed by atoms with Crippen molar-refractivity contribution in [1.82, 2.24) is 5.32 Å². The third kappa shape index (κ3) is 3.52. The van der Waals surface area contributed by atoms with Crippen LogP contribution in [-0.2, 0) is 6.54 Å². The third-order valence-electron chi connectivity index (χ3n) is 2.53. The molecule has 1 atom stereocenters. The van der Waals surface area contributed by atoms with Gasteiger partial charge in [0.25, 0.3) is 0 Å². The Morgan fingerprint density at radius 3 is 2.79 bits per heavy atom. The van der Waals surface area contributed by atoms with Crippen molar-refractivity contribution in [3.63, 3.8) is 0 Å². The monoisotopic (exact) mass is 196 g/mol. The van der Waals surface area contributed by atoms with Crippen molar-refractivity contribution in [2.45, 2.75) is 20.4 Å². The highest BCUT2D eigenvalue weighted by atomic mass is 16.3. The molecular weight excluding hydrogens is 176 g/mol. The molecule has 0 saturated heterocycles. The smallest absolute Gasteiger partial charge is 0.117 e. The fourth-order valence-corrected chi connectivity index (χ4v) is 1.39. The van der Waals surface area contributed by atoms with Gasteiger partial charge in [0.1, 0.15) is 5.76 Å². The molecule has 0 spiro atoms. The molecule has 1 heterocycles. The first-order valence-corrected chi connectivity index (χ1v) is 5.17. The fraction of sp³-hybridized carbons (Fsp3) is 0.636. The summed E-state index contributed by atoms with van der Waals surface area (Å²) in [6.07, 6.45) is 1.69. The summed E-state index contributed by atoms with van der Waals surface area (Å²) in [4.78, 5) is 0. The van der Waals surface area contributed by atoms with Crippen LogP contribution in [0.5, 0.6) is 0 Å². The molecule has 0 radical (unpaired) electrons. The van der Waals surface area contributed by atoms with Crippen LogP contribution in [0, 0.1) is 11.8 Å². The Morgan fingerprint density at radius 1 is 1.50 bits per heavy atom. The molecular formula is C11H20N2O. The van der Waals surface area contributed by atoms with E-state index in [1.54, 1.807) is 6.26 Å². The van der Waals surface area contributed by atoms with Gasteiger partial charge in [-0.25, -0.2) is 0 Å². The molecule has 0 saturated carbocycles. The lowest BCUT2D eigenvalue weighted by Gasteiger charge is -2.18. The van der Waals surface area contributed by atoms with E-state index in [1.165, 1.54) is 0 Å². The summed E-state index contributed by atoms with van der Waals surface area (Å²) in [5, 5.41) is 3.35. The van der Waals surface area contributed by atoms with Gasteiger partial charge in [0.2, 0.25) is 0 Å². The summed E-state index contributed by atoms with van der Waals surface area (Å²) in [6.45, 7) is 6.88. The Labute approximate surface area is 85.7 Å². The Kier molecular flexibility index (Phi) is 4.70. The number of nitrogens with two attached hydrogens (primary N) is 1. The topological polar surface area (TPSA) is 51.2 Å². The zero-order valence-corrected chi connectivity index (χ0v) is 8.99. The first-order chi connectivity index (χ1) is 6.74. The molecule has 0 aliphatic rings. The Balaban J connectivity index is 2.20. The molecule has 14 heavy (non-hydrogen) atoms. The molecule has 1 unspecified atom stereocenters. The zero-order valence-electron chi connectivity index (χ0n) is 8.99. The lowest BCUT2D eigenvalue weighted by molar-refractivity contribution is 0.362. The van der Waals surface area contributed by atoms with Gasteiger partial charge in [-0.15, -0.1) is 0 Å². The van der Waals surface area contributed by atoms with Crippen LogP contribution in [0.4, 0.5) is 0 Å². The van der Waals surface area contributed by atoms with Gasteiger partial charge in [-0.2, -0.15) is 0 Å². The molecule has 0 fully saturated rings. The number of hydrogen-bond donors (Lipinski definition) is 2. The van der Waals surface area contributed by atoms with Crippen LogP contribution in [-0.4, -0.2) is 13.1 Å². The maximum atomic E-state index is 5.67. The normalized spacial score (nSPS) is 13.4. The summed E-state index contributed by atoms with van der Waals surface area (Å²) in [5.74, 6) is 2.15.